The number of ether oxygens (including phenoxy) is 2. The van der Waals surface area contributed by atoms with Gasteiger partial charge in [0.05, 0.1) is 30.3 Å². The van der Waals surface area contributed by atoms with Crippen LogP contribution in [0.5, 0.6) is 0 Å². The number of morpholine rings is 1. The maximum atomic E-state index is 14.4. The summed E-state index contributed by atoms with van der Waals surface area (Å²) in [7, 11) is -2.29. The molecule has 1 heterocycles. The van der Waals surface area contributed by atoms with Crippen LogP contribution in [0.15, 0.2) is 23.1 Å². The van der Waals surface area contributed by atoms with Crippen LogP contribution < -0.4 is 0 Å². The summed E-state index contributed by atoms with van der Waals surface area (Å²) >= 11 is 0. The number of nitrogens with zero attached hydrogens (tertiary/aromatic N) is 2. The molecule has 1 aliphatic heterocycles. The van der Waals surface area contributed by atoms with Crippen LogP contribution in [0.1, 0.15) is 24.2 Å². The molecule has 1 aliphatic rings. The van der Waals surface area contributed by atoms with E-state index in [-0.39, 0.29) is 29.5 Å². The van der Waals surface area contributed by atoms with Crippen molar-refractivity contribution in [3.05, 3.63) is 29.6 Å². The van der Waals surface area contributed by atoms with Crippen molar-refractivity contribution in [2.45, 2.75) is 18.7 Å². The Labute approximate surface area is 160 Å². The summed E-state index contributed by atoms with van der Waals surface area (Å²) in [6.07, 6.45) is 0. The summed E-state index contributed by atoms with van der Waals surface area (Å²) in [5, 5.41) is 0. The summed E-state index contributed by atoms with van der Waals surface area (Å²) < 4.78 is 51.4. The molecule has 0 atom stereocenters. The van der Waals surface area contributed by atoms with E-state index in [0.29, 0.717) is 32.9 Å². The zero-order valence-electron chi connectivity index (χ0n) is 16.0. The van der Waals surface area contributed by atoms with Gasteiger partial charge in [-0.05, 0) is 24.1 Å². The molecule has 152 valence electrons. The van der Waals surface area contributed by atoms with Crippen molar-refractivity contribution in [3.8, 4) is 0 Å². The first-order chi connectivity index (χ1) is 12.8. The van der Waals surface area contributed by atoms with Crippen molar-refractivity contribution in [2.24, 2.45) is 5.92 Å². The molecule has 0 bridgehead atoms. The van der Waals surface area contributed by atoms with E-state index >= 15 is 0 Å². The summed E-state index contributed by atoms with van der Waals surface area (Å²) in [5.74, 6) is -1.11. The average Bonchev–Trinajstić information content (AvgIpc) is 2.65. The molecular formula is C18H27FN2O5S. The van der Waals surface area contributed by atoms with Crippen LogP contribution in [0.2, 0.25) is 0 Å². The summed E-state index contributed by atoms with van der Waals surface area (Å²) in [5.41, 5.74) is -0.249. The number of methoxy groups -OCH3 is 1. The van der Waals surface area contributed by atoms with E-state index in [4.69, 9.17) is 9.47 Å². The number of hydrogen-bond donors (Lipinski definition) is 0. The molecule has 1 aromatic carbocycles. The number of amides is 1. The van der Waals surface area contributed by atoms with Crippen LogP contribution in [-0.4, -0.2) is 76.6 Å². The van der Waals surface area contributed by atoms with Gasteiger partial charge in [0.1, 0.15) is 5.82 Å². The van der Waals surface area contributed by atoms with Crippen LogP contribution in [-0.2, 0) is 19.5 Å². The SMILES string of the molecule is COCCN(CC(C)C)C(=O)c1cc(S(=O)(=O)N2CCOCC2)ccc1F. The maximum absolute atomic E-state index is 14.4. The molecule has 1 saturated heterocycles. The topological polar surface area (TPSA) is 76.2 Å². The Kier molecular flexibility index (Phi) is 7.72. The summed E-state index contributed by atoms with van der Waals surface area (Å²) in [6, 6.07) is 3.35. The van der Waals surface area contributed by atoms with Crippen LogP contribution in [0, 0.1) is 11.7 Å². The molecule has 2 rings (SSSR count). The molecule has 0 aliphatic carbocycles. The normalized spacial score (nSPS) is 15.9. The number of carbonyl (C=O) groups excluding carboxylic acids is 1. The van der Waals surface area contributed by atoms with Gasteiger partial charge in [-0.15, -0.1) is 0 Å². The Bertz CT molecular complexity index is 748. The van der Waals surface area contributed by atoms with Crippen molar-refractivity contribution < 1.29 is 27.1 Å². The highest BCUT2D eigenvalue weighted by Gasteiger charge is 2.29. The van der Waals surface area contributed by atoms with Gasteiger partial charge in [0.15, 0.2) is 0 Å². The van der Waals surface area contributed by atoms with Gasteiger partial charge in [0.25, 0.3) is 5.91 Å². The highest BCUT2D eigenvalue weighted by atomic mass is 32.2. The number of benzene rings is 1. The zero-order chi connectivity index (χ0) is 20.0. The van der Waals surface area contributed by atoms with Gasteiger partial charge in [-0.1, -0.05) is 13.8 Å². The Morgan fingerprint density at radius 3 is 2.59 bits per heavy atom. The second kappa shape index (κ2) is 9.59. The molecule has 0 unspecified atom stereocenters. The second-order valence-electron chi connectivity index (χ2n) is 6.80. The lowest BCUT2D eigenvalue weighted by Gasteiger charge is -2.27. The molecule has 0 radical (unpaired) electrons. The lowest BCUT2D eigenvalue weighted by Crippen LogP contribution is -2.41. The van der Waals surface area contributed by atoms with Gasteiger partial charge >= 0.3 is 0 Å². The van der Waals surface area contributed by atoms with Crippen molar-refractivity contribution in [3.63, 3.8) is 0 Å². The van der Waals surface area contributed by atoms with Crippen LogP contribution >= 0.6 is 0 Å². The van der Waals surface area contributed by atoms with Gasteiger partial charge in [-0.2, -0.15) is 4.31 Å². The third-order valence-corrected chi connectivity index (χ3v) is 6.11. The van der Waals surface area contributed by atoms with Gasteiger partial charge in [0, 0.05) is 33.3 Å². The van der Waals surface area contributed by atoms with E-state index in [2.05, 4.69) is 0 Å². The van der Waals surface area contributed by atoms with Gasteiger partial charge < -0.3 is 14.4 Å². The Morgan fingerprint density at radius 1 is 1.33 bits per heavy atom. The highest BCUT2D eigenvalue weighted by molar-refractivity contribution is 7.89. The van der Waals surface area contributed by atoms with Crippen LogP contribution in [0.4, 0.5) is 4.39 Å². The molecule has 7 nitrogen and oxygen atoms in total. The average molecular weight is 402 g/mol. The Morgan fingerprint density at radius 2 is 2.00 bits per heavy atom. The molecule has 1 fully saturated rings. The van der Waals surface area contributed by atoms with Crippen LogP contribution in [0.25, 0.3) is 0 Å². The van der Waals surface area contributed by atoms with Crippen molar-refractivity contribution >= 4 is 15.9 Å². The smallest absolute Gasteiger partial charge is 0.256 e. The fraction of sp³-hybridized carbons (Fsp3) is 0.611. The van der Waals surface area contributed by atoms with E-state index in [1.54, 1.807) is 0 Å². The molecule has 9 heteroatoms. The minimum atomic E-state index is -3.81. The zero-order valence-corrected chi connectivity index (χ0v) is 16.8. The van der Waals surface area contributed by atoms with Crippen LogP contribution in [0.3, 0.4) is 0 Å². The molecule has 0 N–H and O–H groups in total. The number of hydrogen-bond acceptors (Lipinski definition) is 5. The quantitative estimate of drug-likeness (QED) is 0.660. The van der Waals surface area contributed by atoms with E-state index in [0.717, 1.165) is 12.1 Å². The molecular weight excluding hydrogens is 375 g/mol. The molecule has 0 aromatic heterocycles. The second-order valence-corrected chi connectivity index (χ2v) is 8.73. The highest BCUT2D eigenvalue weighted by Crippen LogP contribution is 2.21. The van der Waals surface area contributed by atoms with Gasteiger partial charge in [-0.25, -0.2) is 12.8 Å². The molecule has 1 aromatic rings. The standard InChI is InChI=1S/C18H27FN2O5S/c1-14(2)13-20(6-9-25-3)18(22)16-12-15(4-5-17(16)19)27(23,24)21-7-10-26-11-8-21/h4-5,12,14H,6-11,13H2,1-3H3. The molecule has 1 amide bonds. The van der Waals surface area contributed by atoms with E-state index in [9.17, 15) is 17.6 Å². The number of carbonyl (C=O) groups is 1. The molecule has 0 spiro atoms. The minimum Gasteiger partial charge on any atom is -0.383 e. The predicted octanol–water partition coefficient (Wildman–Crippen LogP) is 1.59. The summed E-state index contributed by atoms with van der Waals surface area (Å²) in [4.78, 5) is 14.3. The predicted molar refractivity (Wildman–Crippen MR) is 98.6 cm³/mol. The monoisotopic (exact) mass is 402 g/mol. The van der Waals surface area contributed by atoms with Crippen molar-refractivity contribution in [2.75, 3.05) is 53.1 Å². The lowest BCUT2D eigenvalue weighted by molar-refractivity contribution is 0.0667. The van der Waals surface area contributed by atoms with Gasteiger partial charge in [0.2, 0.25) is 10.0 Å². The van der Waals surface area contributed by atoms with E-state index in [1.807, 2.05) is 13.8 Å². The first kappa shape index (κ1) is 21.7. The Hall–Kier alpha value is -1.55. The summed E-state index contributed by atoms with van der Waals surface area (Å²) in [6.45, 7) is 6.01. The first-order valence-corrected chi connectivity index (χ1v) is 10.4. The number of halogens is 1. The third-order valence-electron chi connectivity index (χ3n) is 4.21. The fourth-order valence-corrected chi connectivity index (χ4v) is 4.29. The Balaban J connectivity index is 2.33. The fourth-order valence-electron chi connectivity index (χ4n) is 2.85. The minimum absolute atomic E-state index is 0.0922. The molecule has 27 heavy (non-hydrogen) atoms. The third kappa shape index (κ3) is 5.47. The maximum Gasteiger partial charge on any atom is 0.256 e. The van der Waals surface area contributed by atoms with Crippen molar-refractivity contribution in [1.82, 2.24) is 9.21 Å². The van der Waals surface area contributed by atoms with Crippen molar-refractivity contribution in [1.29, 1.82) is 0 Å². The van der Waals surface area contributed by atoms with E-state index in [1.165, 1.54) is 22.4 Å². The van der Waals surface area contributed by atoms with E-state index < -0.39 is 21.7 Å². The number of rotatable bonds is 8. The lowest BCUT2D eigenvalue weighted by atomic mass is 10.1. The number of sulfonamides is 1. The first-order valence-electron chi connectivity index (χ1n) is 8.93. The molecule has 0 saturated carbocycles. The largest absolute Gasteiger partial charge is 0.383 e. The van der Waals surface area contributed by atoms with Gasteiger partial charge in [-0.3, -0.25) is 4.79 Å².